The van der Waals surface area contributed by atoms with Crippen molar-refractivity contribution in [3.05, 3.63) is 48.5 Å². The number of nitrogens with two attached hydrogens (primary N) is 1. The lowest BCUT2D eigenvalue weighted by atomic mass is 10.2. The van der Waals surface area contributed by atoms with Crippen LogP contribution < -0.4 is 10.6 Å². The van der Waals surface area contributed by atoms with Gasteiger partial charge in [0, 0.05) is 19.4 Å². The van der Waals surface area contributed by atoms with Crippen LogP contribution in [-0.2, 0) is 0 Å². The van der Waals surface area contributed by atoms with Crippen molar-refractivity contribution in [1.82, 2.24) is 9.97 Å². The van der Waals surface area contributed by atoms with Gasteiger partial charge in [0.05, 0.1) is 17.6 Å². The van der Waals surface area contributed by atoms with E-state index in [1.165, 1.54) is 4.90 Å². The van der Waals surface area contributed by atoms with Crippen LogP contribution in [0.2, 0.25) is 0 Å². The monoisotopic (exact) mass is 228 g/mol. The molecule has 0 aliphatic carbocycles. The summed E-state index contributed by atoms with van der Waals surface area (Å²) >= 11 is 0. The molecule has 1 amide bonds. The van der Waals surface area contributed by atoms with Gasteiger partial charge in [0.15, 0.2) is 5.69 Å². The van der Waals surface area contributed by atoms with E-state index in [0.29, 0.717) is 11.4 Å². The normalized spacial score (nSPS) is 9.94. The van der Waals surface area contributed by atoms with Crippen molar-refractivity contribution in [2.75, 3.05) is 17.7 Å². The van der Waals surface area contributed by atoms with Crippen molar-refractivity contribution in [2.45, 2.75) is 0 Å². The highest BCUT2D eigenvalue weighted by atomic mass is 16.2. The Balaban J connectivity index is 2.30. The van der Waals surface area contributed by atoms with Crippen molar-refractivity contribution in [1.29, 1.82) is 0 Å². The summed E-state index contributed by atoms with van der Waals surface area (Å²) in [5, 5.41) is 0. The van der Waals surface area contributed by atoms with Gasteiger partial charge in [0.2, 0.25) is 0 Å². The van der Waals surface area contributed by atoms with Gasteiger partial charge in [-0.1, -0.05) is 0 Å². The van der Waals surface area contributed by atoms with Crippen LogP contribution in [0.4, 0.5) is 11.4 Å². The predicted molar refractivity (Wildman–Crippen MR) is 65.6 cm³/mol. The van der Waals surface area contributed by atoms with Crippen LogP contribution in [-0.4, -0.2) is 22.9 Å². The summed E-state index contributed by atoms with van der Waals surface area (Å²) in [6.07, 6.45) is 4.80. The van der Waals surface area contributed by atoms with Crippen LogP contribution in [0.25, 0.3) is 0 Å². The molecule has 0 aliphatic rings. The number of aromatic nitrogens is 2. The van der Waals surface area contributed by atoms with E-state index < -0.39 is 0 Å². The van der Waals surface area contributed by atoms with Crippen molar-refractivity contribution < 1.29 is 4.79 Å². The minimum atomic E-state index is -0.254. The van der Waals surface area contributed by atoms with Crippen LogP contribution in [0.1, 0.15) is 10.5 Å². The number of carbonyl (C=O) groups excluding carboxylic acids is 1. The Labute approximate surface area is 98.9 Å². The second-order valence-electron chi connectivity index (χ2n) is 3.52. The van der Waals surface area contributed by atoms with Crippen molar-refractivity contribution >= 4 is 17.3 Å². The van der Waals surface area contributed by atoms with Crippen LogP contribution in [0.5, 0.6) is 0 Å². The van der Waals surface area contributed by atoms with Crippen LogP contribution >= 0.6 is 0 Å². The van der Waals surface area contributed by atoms with Gasteiger partial charge in [-0.05, 0) is 24.3 Å². The molecule has 86 valence electrons. The summed E-state index contributed by atoms with van der Waals surface area (Å²) in [5.41, 5.74) is 7.03. The highest BCUT2D eigenvalue weighted by Gasteiger charge is 2.16. The average molecular weight is 228 g/mol. The van der Waals surface area contributed by atoms with E-state index >= 15 is 0 Å². The lowest BCUT2D eigenvalue weighted by Gasteiger charge is -2.16. The molecule has 0 atom stereocenters. The molecular formula is C12H12N4O. The first-order valence-electron chi connectivity index (χ1n) is 5.08. The van der Waals surface area contributed by atoms with Gasteiger partial charge in [-0.15, -0.1) is 0 Å². The summed E-state index contributed by atoms with van der Waals surface area (Å²) in [7, 11) is 1.66. The third-order valence-corrected chi connectivity index (χ3v) is 2.38. The lowest BCUT2D eigenvalue weighted by molar-refractivity contribution is 0.0989. The molecule has 0 fully saturated rings. The molecule has 17 heavy (non-hydrogen) atoms. The molecule has 0 bridgehead atoms. The molecule has 2 aromatic rings. The van der Waals surface area contributed by atoms with Gasteiger partial charge in [0.1, 0.15) is 0 Å². The Bertz CT molecular complexity index is 527. The number of carbonyl (C=O) groups is 1. The van der Waals surface area contributed by atoms with E-state index in [1.54, 1.807) is 49.9 Å². The van der Waals surface area contributed by atoms with Crippen LogP contribution in [0, 0.1) is 0 Å². The molecule has 5 nitrogen and oxygen atoms in total. The smallest absolute Gasteiger partial charge is 0.278 e. The summed E-state index contributed by atoms with van der Waals surface area (Å²) < 4.78 is 0. The third-order valence-electron chi connectivity index (χ3n) is 2.38. The Hall–Kier alpha value is -2.43. The Kier molecular flexibility index (Phi) is 3.00. The molecule has 0 unspecified atom stereocenters. The van der Waals surface area contributed by atoms with Crippen molar-refractivity contribution in [2.24, 2.45) is 0 Å². The van der Waals surface area contributed by atoms with Gasteiger partial charge in [-0.2, -0.15) is 0 Å². The highest BCUT2D eigenvalue weighted by Crippen LogP contribution is 2.15. The van der Waals surface area contributed by atoms with E-state index in [2.05, 4.69) is 9.97 Å². The molecule has 2 aromatic heterocycles. The zero-order chi connectivity index (χ0) is 12.3. The first-order chi connectivity index (χ1) is 8.20. The fourth-order valence-corrected chi connectivity index (χ4v) is 1.42. The molecule has 5 heteroatoms. The Morgan fingerprint density at radius 3 is 2.71 bits per heavy atom. The molecule has 0 aliphatic heterocycles. The molecule has 0 radical (unpaired) electrons. The molecule has 0 saturated carbocycles. The molecule has 0 saturated heterocycles. The predicted octanol–water partition coefficient (Wildman–Crippen LogP) is 1.34. The van der Waals surface area contributed by atoms with Crippen LogP contribution in [0.3, 0.4) is 0 Å². The fourth-order valence-electron chi connectivity index (χ4n) is 1.42. The SMILES string of the molecule is CN(C(=O)c1ncccc1N)c1cccnc1. The number of hydrogen-bond donors (Lipinski definition) is 1. The van der Waals surface area contributed by atoms with E-state index in [9.17, 15) is 4.79 Å². The summed E-state index contributed by atoms with van der Waals surface area (Å²) in [6.45, 7) is 0. The Morgan fingerprint density at radius 1 is 1.29 bits per heavy atom. The number of rotatable bonds is 2. The van der Waals surface area contributed by atoms with Gasteiger partial charge >= 0.3 is 0 Å². The maximum Gasteiger partial charge on any atom is 0.278 e. The minimum Gasteiger partial charge on any atom is -0.397 e. The topological polar surface area (TPSA) is 72.1 Å². The van der Waals surface area contributed by atoms with Crippen LogP contribution in [0.15, 0.2) is 42.9 Å². The minimum absolute atomic E-state index is 0.249. The van der Waals surface area contributed by atoms with Gasteiger partial charge in [0.25, 0.3) is 5.91 Å². The number of pyridine rings is 2. The quantitative estimate of drug-likeness (QED) is 0.841. The van der Waals surface area contributed by atoms with Gasteiger partial charge in [-0.25, -0.2) is 4.98 Å². The molecule has 2 rings (SSSR count). The van der Waals surface area contributed by atoms with Crippen molar-refractivity contribution in [3.63, 3.8) is 0 Å². The second-order valence-corrected chi connectivity index (χ2v) is 3.52. The summed E-state index contributed by atoms with van der Waals surface area (Å²) in [5.74, 6) is -0.254. The Morgan fingerprint density at radius 2 is 2.06 bits per heavy atom. The molecule has 0 aromatic carbocycles. The van der Waals surface area contributed by atoms with Gasteiger partial charge in [-0.3, -0.25) is 9.78 Å². The molecule has 2 heterocycles. The van der Waals surface area contributed by atoms with E-state index in [-0.39, 0.29) is 11.6 Å². The number of nitrogens with zero attached hydrogens (tertiary/aromatic N) is 3. The average Bonchev–Trinajstić information content (AvgIpc) is 2.39. The number of anilines is 2. The number of nitrogen functional groups attached to an aromatic ring is 1. The molecule has 0 spiro atoms. The zero-order valence-corrected chi connectivity index (χ0v) is 9.37. The van der Waals surface area contributed by atoms with E-state index in [1.807, 2.05) is 0 Å². The molecule has 2 N–H and O–H groups in total. The maximum absolute atomic E-state index is 12.1. The summed E-state index contributed by atoms with van der Waals surface area (Å²) in [4.78, 5) is 21.5. The third kappa shape index (κ3) is 2.23. The van der Waals surface area contributed by atoms with E-state index in [0.717, 1.165) is 0 Å². The van der Waals surface area contributed by atoms with Gasteiger partial charge < -0.3 is 10.6 Å². The number of hydrogen-bond acceptors (Lipinski definition) is 4. The summed E-state index contributed by atoms with van der Waals surface area (Å²) in [6, 6.07) is 6.90. The second kappa shape index (κ2) is 4.61. The fraction of sp³-hybridized carbons (Fsp3) is 0.0833. The first-order valence-corrected chi connectivity index (χ1v) is 5.08. The standard InChI is InChI=1S/C12H12N4O/c1-16(9-4-2-6-14-8-9)12(17)11-10(13)5-3-7-15-11/h2-8H,13H2,1H3. The number of amides is 1. The maximum atomic E-state index is 12.1. The highest BCUT2D eigenvalue weighted by molar-refractivity contribution is 6.07. The largest absolute Gasteiger partial charge is 0.397 e. The lowest BCUT2D eigenvalue weighted by Crippen LogP contribution is -2.28. The zero-order valence-electron chi connectivity index (χ0n) is 9.37. The van der Waals surface area contributed by atoms with E-state index in [4.69, 9.17) is 5.73 Å². The van der Waals surface area contributed by atoms with Crippen molar-refractivity contribution in [3.8, 4) is 0 Å². The molecular weight excluding hydrogens is 216 g/mol. The first kappa shape index (κ1) is 11.1.